The van der Waals surface area contributed by atoms with Gasteiger partial charge in [0.1, 0.15) is 11.1 Å². The Kier molecular flexibility index (Phi) is 4.09. The van der Waals surface area contributed by atoms with Gasteiger partial charge in [-0.05, 0) is 6.07 Å². The van der Waals surface area contributed by atoms with E-state index in [-0.39, 0.29) is 6.10 Å². The van der Waals surface area contributed by atoms with Crippen molar-refractivity contribution in [1.29, 1.82) is 0 Å². The molecule has 17 heavy (non-hydrogen) atoms. The summed E-state index contributed by atoms with van der Waals surface area (Å²) in [7, 11) is 1.96. The van der Waals surface area contributed by atoms with Gasteiger partial charge in [0.25, 0.3) is 0 Å². The third kappa shape index (κ3) is 3.24. The van der Waals surface area contributed by atoms with Crippen molar-refractivity contribution in [2.75, 3.05) is 26.2 Å². The van der Waals surface area contributed by atoms with Crippen molar-refractivity contribution in [3.63, 3.8) is 0 Å². The molecule has 1 unspecified atom stereocenters. The summed E-state index contributed by atoms with van der Waals surface area (Å²) in [6, 6.07) is 2.05. The summed E-state index contributed by atoms with van der Waals surface area (Å²) in [5.74, 6) is 0. The van der Waals surface area contributed by atoms with Crippen LogP contribution in [0.25, 0.3) is 0 Å². The predicted molar refractivity (Wildman–Crippen MR) is 69.9 cm³/mol. The highest BCUT2D eigenvalue weighted by Gasteiger charge is 2.22. The van der Waals surface area contributed by atoms with Gasteiger partial charge in [-0.1, -0.05) is 12.2 Å². The third-order valence-corrected chi connectivity index (χ3v) is 3.34. The fourth-order valence-corrected chi connectivity index (χ4v) is 2.14. The van der Waals surface area contributed by atoms with Crippen LogP contribution in [-0.4, -0.2) is 52.0 Å². The van der Waals surface area contributed by atoms with E-state index in [2.05, 4.69) is 10.00 Å². The van der Waals surface area contributed by atoms with Gasteiger partial charge in [0.05, 0.1) is 6.61 Å². The Balaban J connectivity index is 1.83. The SMILES string of the molecule is Cn1nccc1CCN1CCOC(C(N)=S)C1. The van der Waals surface area contributed by atoms with Crippen molar-refractivity contribution < 1.29 is 4.74 Å². The van der Waals surface area contributed by atoms with Crippen molar-refractivity contribution >= 4 is 17.2 Å². The van der Waals surface area contributed by atoms with E-state index in [1.807, 2.05) is 24.0 Å². The summed E-state index contributed by atoms with van der Waals surface area (Å²) in [5.41, 5.74) is 6.85. The average molecular weight is 254 g/mol. The van der Waals surface area contributed by atoms with Gasteiger partial charge >= 0.3 is 0 Å². The Labute approximate surface area is 107 Å². The normalized spacial score (nSPS) is 21.6. The topological polar surface area (TPSA) is 56.3 Å². The number of hydrogen-bond acceptors (Lipinski definition) is 4. The predicted octanol–water partition coefficient (Wildman–Crippen LogP) is -0.0505. The molecule has 5 nitrogen and oxygen atoms in total. The second-order valence-corrected chi connectivity index (χ2v) is 4.73. The molecule has 0 aliphatic carbocycles. The molecule has 2 rings (SSSR count). The highest BCUT2D eigenvalue weighted by atomic mass is 32.1. The molecule has 1 aromatic heterocycles. The zero-order chi connectivity index (χ0) is 12.3. The third-order valence-electron chi connectivity index (χ3n) is 3.07. The zero-order valence-corrected chi connectivity index (χ0v) is 10.8. The van der Waals surface area contributed by atoms with Gasteiger partial charge in [-0.3, -0.25) is 9.58 Å². The van der Waals surface area contributed by atoms with Crippen LogP contribution in [0.3, 0.4) is 0 Å². The molecule has 2 heterocycles. The molecule has 0 saturated carbocycles. The second kappa shape index (κ2) is 5.57. The van der Waals surface area contributed by atoms with Crippen LogP contribution < -0.4 is 5.73 Å². The molecule has 0 radical (unpaired) electrons. The number of nitrogens with zero attached hydrogens (tertiary/aromatic N) is 3. The Morgan fingerprint density at radius 1 is 1.71 bits per heavy atom. The molecule has 6 heteroatoms. The lowest BCUT2D eigenvalue weighted by atomic mass is 10.2. The number of aromatic nitrogens is 2. The highest BCUT2D eigenvalue weighted by Crippen LogP contribution is 2.07. The van der Waals surface area contributed by atoms with Crippen LogP contribution >= 0.6 is 12.2 Å². The Bertz CT molecular complexity index is 393. The van der Waals surface area contributed by atoms with Crippen LogP contribution in [-0.2, 0) is 18.2 Å². The number of ether oxygens (including phenoxy) is 1. The van der Waals surface area contributed by atoms with Crippen molar-refractivity contribution in [2.45, 2.75) is 12.5 Å². The van der Waals surface area contributed by atoms with Crippen LogP contribution in [0.4, 0.5) is 0 Å². The molecule has 1 fully saturated rings. The smallest absolute Gasteiger partial charge is 0.120 e. The van der Waals surface area contributed by atoms with Gasteiger partial charge in [0.2, 0.25) is 0 Å². The molecule has 1 atom stereocenters. The molecule has 1 aromatic rings. The lowest BCUT2D eigenvalue weighted by molar-refractivity contribution is 0.00758. The molecule has 1 aliphatic rings. The molecule has 1 saturated heterocycles. The van der Waals surface area contributed by atoms with E-state index in [9.17, 15) is 0 Å². The summed E-state index contributed by atoms with van der Waals surface area (Å²) in [6.45, 7) is 3.43. The number of rotatable bonds is 4. The second-order valence-electron chi connectivity index (χ2n) is 4.26. The fraction of sp³-hybridized carbons (Fsp3) is 0.636. The maximum atomic E-state index is 5.61. The van der Waals surface area contributed by atoms with Crippen LogP contribution in [0.15, 0.2) is 12.3 Å². The number of nitrogens with two attached hydrogens (primary N) is 1. The number of aryl methyl sites for hydroxylation is 1. The largest absolute Gasteiger partial charge is 0.391 e. The summed E-state index contributed by atoms with van der Waals surface area (Å²) in [4.78, 5) is 2.79. The molecule has 0 aromatic carbocycles. The summed E-state index contributed by atoms with van der Waals surface area (Å²) < 4.78 is 7.41. The standard InChI is InChI=1S/C11H18N4OS/c1-14-9(2-4-13-14)3-5-15-6-7-16-10(8-15)11(12)17/h2,4,10H,3,5-8H2,1H3,(H2,12,17). The van der Waals surface area contributed by atoms with Crippen LogP contribution in [0.5, 0.6) is 0 Å². The Morgan fingerprint density at radius 3 is 3.18 bits per heavy atom. The first-order chi connectivity index (χ1) is 8.16. The van der Waals surface area contributed by atoms with Crippen molar-refractivity contribution in [1.82, 2.24) is 14.7 Å². The van der Waals surface area contributed by atoms with Gasteiger partial charge in [-0.2, -0.15) is 5.10 Å². The molecule has 2 N–H and O–H groups in total. The molecule has 0 amide bonds. The monoisotopic (exact) mass is 254 g/mol. The summed E-state index contributed by atoms with van der Waals surface area (Å²) >= 11 is 4.97. The van der Waals surface area contributed by atoms with E-state index in [4.69, 9.17) is 22.7 Å². The first kappa shape index (κ1) is 12.5. The lowest BCUT2D eigenvalue weighted by Crippen LogP contribution is -2.48. The van der Waals surface area contributed by atoms with Gasteiger partial charge in [-0.15, -0.1) is 0 Å². The minimum absolute atomic E-state index is 0.0923. The maximum Gasteiger partial charge on any atom is 0.120 e. The van der Waals surface area contributed by atoms with Crippen molar-refractivity contribution in [3.05, 3.63) is 18.0 Å². The molecular weight excluding hydrogens is 236 g/mol. The molecular formula is C11H18N4OS. The van der Waals surface area contributed by atoms with E-state index in [0.717, 1.165) is 26.1 Å². The minimum Gasteiger partial charge on any atom is -0.391 e. The van der Waals surface area contributed by atoms with E-state index in [1.54, 1.807) is 0 Å². The molecule has 0 bridgehead atoms. The lowest BCUT2D eigenvalue weighted by Gasteiger charge is -2.32. The summed E-state index contributed by atoms with van der Waals surface area (Å²) in [6.07, 6.45) is 2.72. The van der Waals surface area contributed by atoms with Gasteiger partial charge in [0.15, 0.2) is 0 Å². The van der Waals surface area contributed by atoms with Gasteiger partial charge < -0.3 is 10.5 Å². The van der Waals surface area contributed by atoms with Crippen molar-refractivity contribution in [2.24, 2.45) is 12.8 Å². The zero-order valence-electron chi connectivity index (χ0n) is 10.0. The number of hydrogen-bond donors (Lipinski definition) is 1. The number of thiocarbonyl (C=S) groups is 1. The van der Waals surface area contributed by atoms with E-state index in [1.165, 1.54) is 5.69 Å². The molecule has 94 valence electrons. The first-order valence-electron chi connectivity index (χ1n) is 5.77. The fourth-order valence-electron chi connectivity index (χ4n) is 2.00. The Morgan fingerprint density at radius 2 is 2.53 bits per heavy atom. The van der Waals surface area contributed by atoms with Gasteiger partial charge in [-0.25, -0.2) is 0 Å². The van der Waals surface area contributed by atoms with E-state index < -0.39 is 0 Å². The summed E-state index contributed by atoms with van der Waals surface area (Å²) in [5, 5.41) is 4.16. The van der Waals surface area contributed by atoms with Crippen molar-refractivity contribution in [3.8, 4) is 0 Å². The average Bonchev–Trinajstić information content (AvgIpc) is 2.72. The maximum absolute atomic E-state index is 5.61. The van der Waals surface area contributed by atoms with Gasteiger partial charge in [0, 0.05) is 45.0 Å². The van der Waals surface area contributed by atoms with Crippen LogP contribution in [0.1, 0.15) is 5.69 Å². The first-order valence-corrected chi connectivity index (χ1v) is 6.18. The molecule has 0 spiro atoms. The van der Waals surface area contributed by atoms with E-state index in [0.29, 0.717) is 11.6 Å². The number of morpholine rings is 1. The molecule has 1 aliphatic heterocycles. The highest BCUT2D eigenvalue weighted by molar-refractivity contribution is 7.80. The quantitative estimate of drug-likeness (QED) is 0.764. The van der Waals surface area contributed by atoms with Crippen LogP contribution in [0, 0.1) is 0 Å². The van der Waals surface area contributed by atoms with Crippen LogP contribution in [0.2, 0.25) is 0 Å². The Hall–Kier alpha value is -0.980. The minimum atomic E-state index is -0.0923. The van der Waals surface area contributed by atoms with E-state index >= 15 is 0 Å².